The first-order chi connectivity index (χ1) is 7.49. The molecule has 1 aromatic heterocycles. The molecule has 0 radical (unpaired) electrons. The standard InChI is InChI=1S/C11H20N4O/c1-7(2)4-5-8(3)13-11(16)9-6-10(12)15-14-9/h6-8H,4-5H2,1-3H3,(H,13,16)(H3,12,14,15). The molecule has 1 unspecified atom stereocenters. The second kappa shape index (κ2) is 5.53. The van der Waals surface area contributed by atoms with Gasteiger partial charge in [-0.05, 0) is 25.7 Å². The lowest BCUT2D eigenvalue weighted by molar-refractivity contribution is 0.0932. The number of aromatic amines is 1. The molecule has 5 nitrogen and oxygen atoms in total. The van der Waals surface area contributed by atoms with Crippen LogP contribution >= 0.6 is 0 Å². The smallest absolute Gasteiger partial charge is 0.269 e. The number of amides is 1. The molecule has 1 aromatic rings. The van der Waals surface area contributed by atoms with Gasteiger partial charge in [0, 0.05) is 12.1 Å². The Bertz CT molecular complexity index is 346. The van der Waals surface area contributed by atoms with Gasteiger partial charge < -0.3 is 11.1 Å². The Kier molecular flexibility index (Phi) is 4.34. The number of nitrogens with one attached hydrogen (secondary N) is 2. The van der Waals surface area contributed by atoms with Crippen molar-refractivity contribution >= 4 is 11.7 Å². The largest absolute Gasteiger partial charge is 0.382 e. The van der Waals surface area contributed by atoms with Gasteiger partial charge >= 0.3 is 0 Å². The lowest BCUT2D eigenvalue weighted by Crippen LogP contribution is -2.32. The lowest BCUT2D eigenvalue weighted by Gasteiger charge is -2.14. The maximum absolute atomic E-state index is 11.7. The number of nitrogens with two attached hydrogens (primary N) is 1. The van der Waals surface area contributed by atoms with E-state index >= 15 is 0 Å². The Morgan fingerprint density at radius 3 is 2.69 bits per heavy atom. The summed E-state index contributed by atoms with van der Waals surface area (Å²) in [5.74, 6) is 0.836. The molecule has 0 bridgehead atoms. The van der Waals surface area contributed by atoms with Crippen LogP contribution in [0.15, 0.2) is 6.07 Å². The topological polar surface area (TPSA) is 83.8 Å². The fraction of sp³-hybridized carbons (Fsp3) is 0.636. The van der Waals surface area contributed by atoms with Crippen LogP contribution in [0.25, 0.3) is 0 Å². The highest BCUT2D eigenvalue weighted by atomic mass is 16.2. The molecule has 1 amide bonds. The number of H-pyrrole nitrogens is 1. The molecule has 0 fully saturated rings. The molecule has 0 aliphatic heterocycles. The summed E-state index contributed by atoms with van der Waals surface area (Å²) in [5, 5.41) is 9.20. The molecular weight excluding hydrogens is 204 g/mol. The number of nitrogens with zero attached hydrogens (tertiary/aromatic N) is 1. The van der Waals surface area contributed by atoms with Gasteiger partial charge in [-0.3, -0.25) is 9.89 Å². The maximum atomic E-state index is 11.7. The molecular formula is C11H20N4O. The third-order valence-electron chi connectivity index (χ3n) is 2.40. The van der Waals surface area contributed by atoms with Crippen molar-refractivity contribution in [2.24, 2.45) is 5.92 Å². The first-order valence-electron chi connectivity index (χ1n) is 5.60. The van der Waals surface area contributed by atoms with Crippen molar-refractivity contribution in [3.8, 4) is 0 Å². The average Bonchev–Trinajstić information content (AvgIpc) is 2.62. The Morgan fingerprint density at radius 2 is 2.19 bits per heavy atom. The Labute approximate surface area is 95.8 Å². The zero-order valence-corrected chi connectivity index (χ0v) is 10.1. The molecule has 0 spiro atoms. The zero-order chi connectivity index (χ0) is 12.1. The summed E-state index contributed by atoms with van der Waals surface area (Å²) in [6.45, 7) is 6.34. The Morgan fingerprint density at radius 1 is 1.50 bits per heavy atom. The minimum Gasteiger partial charge on any atom is -0.382 e. The van der Waals surface area contributed by atoms with Gasteiger partial charge in [-0.1, -0.05) is 13.8 Å². The van der Waals surface area contributed by atoms with Gasteiger partial charge in [-0.25, -0.2) is 0 Å². The molecule has 90 valence electrons. The van der Waals surface area contributed by atoms with Crippen LogP contribution in [0.5, 0.6) is 0 Å². The average molecular weight is 224 g/mol. The highest BCUT2D eigenvalue weighted by Gasteiger charge is 2.12. The summed E-state index contributed by atoms with van der Waals surface area (Å²) in [6.07, 6.45) is 2.08. The minimum atomic E-state index is -0.152. The van der Waals surface area contributed by atoms with E-state index in [0.29, 0.717) is 17.4 Å². The van der Waals surface area contributed by atoms with Crippen molar-refractivity contribution in [3.05, 3.63) is 11.8 Å². The second-order valence-corrected chi connectivity index (χ2v) is 4.55. The SMILES string of the molecule is CC(C)CCC(C)NC(=O)c1cc(N)n[nH]1. The van der Waals surface area contributed by atoms with Crippen LogP contribution in [0.2, 0.25) is 0 Å². The number of rotatable bonds is 5. The molecule has 1 rings (SSSR count). The van der Waals surface area contributed by atoms with Crippen LogP contribution in [0.4, 0.5) is 5.82 Å². The van der Waals surface area contributed by atoms with E-state index in [1.807, 2.05) is 6.92 Å². The lowest BCUT2D eigenvalue weighted by atomic mass is 10.0. The molecule has 0 aliphatic rings. The molecule has 16 heavy (non-hydrogen) atoms. The number of hydrogen-bond acceptors (Lipinski definition) is 3. The van der Waals surface area contributed by atoms with Gasteiger partial charge in [0.05, 0.1) is 0 Å². The van der Waals surface area contributed by atoms with E-state index in [2.05, 4.69) is 29.4 Å². The first kappa shape index (κ1) is 12.5. The fourth-order valence-corrected chi connectivity index (χ4v) is 1.41. The van der Waals surface area contributed by atoms with Crippen LogP contribution in [0.3, 0.4) is 0 Å². The number of carbonyl (C=O) groups is 1. The molecule has 1 heterocycles. The van der Waals surface area contributed by atoms with Gasteiger partial charge in [-0.15, -0.1) is 0 Å². The van der Waals surface area contributed by atoms with Crippen LogP contribution in [0, 0.1) is 5.92 Å². The molecule has 0 saturated heterocycles. The highest BCUT2D eigenvalue weighted by molar-refractivity contribution is 5.93. The van der Waals surface area contributed by atoms with E-state index in [4.69, 9.17) is 5.73 Å². The molecule has 0 aliphatic carbocycles. The van der Waals surface area contributed by atoms with Crippen molar-refractivity contribution in [3.63, 3.8) is 0 Å². The normalized spacial score (nSPS) is 12.8. The van der Waals surface area contributed by atoms with Crippen LogP contribution in [-0.4, -0.2) is 22.1 Å². The van der Waals surface area contributed by atoms with Gasteiger partial charge in [0.2, 0.25) is 0 Å². The molecule has 4 N–H and O–H groups in total. The quantitative estimate of drug-likeness (QED) is 0.709. The number of carbonyl (C=O) groups excluding carboxylic acids is 1. The van der Waals surface area contributed by atoms with Crippen molar-refractivity contribution in [2.45, 2.75) is 39.7 Å². The van der Waals surface area contributed by atoms with E-state index in [9.17, 15) is 4.79 Å². The van der Waals surface area contributed by atoms with Crippen LogP contribution in [0.1, 0.15) is 44.1 Å². The van der Waals surface area contributed by atoms with Gasteiger partial charge in [-0.2, -0.15) is 5.10 Å². The summed E-state index contributed by atoms with van der Waals surface area (Å²) >= 11 is 0. The highest BCUT2D eigenvalue weighted by Crippen LogP contribution is 2.07. The summed E-state index contributed by atoms with van der Waals surface area (Å²) in [7, 11) is 0. The number of anilines is 1. The van der Waals surface area contributed by atoms with Gasteiger partial charge in [0.25, 0.3) is 5.91 Å². The third-order valence-corrected chi connectivity index (χ3v) is 2.40. The third kappa shape index (κ3) is 3.92. The minimum absolute atomic E-state index is 0.152. The number of hydrogen-bond donors (Lipinski definition) is 3. The predicted octanol–water partition coefficient (Wildman–Crippen LogP) is 1.55. The van der Waals surface area contributed by atoms with E-state index in [1.165, 1.54) is 6.07 Å². The van der Waals surface area contributed by atoms with E-state index < -0.39 is 0 Å². The number of nitrogen functional groups attached to an aromatic ring is 1. The maximum Gasteiger partial charge on any atom is 0.269 e. The fourth-order valence-electron chi connectivity index (χ4n) is 1.41. The number of aromatic nitrogens is 2. The monoisotopic (exact) mass is 224 g/mol. The summed E-state index contributed by atoms with van der Waals surface area (Å²) in [5.41, 5.74) is 5.83. The molecule has 1 atom stereocenters. The van der Waals surface area contributed by atoms with Gasteiger partial charge in [0.1, 0.15) is 11.5 Å². The van der Waals surface area contributed by atoms with E-state index in [-0.39, 0.29) is 11.9 Å². The van der Waals surface area contributed by atoms with Gasteiger partial charge in [0.15, 0.2) is 0 Å². The van der Waals surface area contributed by atoms with E-state index in [1.54, 1.807) is 0 Å². The van der Waals surface area contributed by atoms with Crippen molar-refractivity contribution in [1.29, 1.82) is 0 Å². The second-order valence-electron chi connectivity index (χ2n) is 4.55. The summed E-state index contributed by atoms with van der Waals surface area (Å²) < 4.78 is 0. The molecule has 0 saturated carbocycles. The molecule has 0 aromatic carbocycles. The van der Waals surface area contributed by atoms with Crippen molar-refractivity contribution in [2.75, 3.05) is 5.73 Å². The Hall–Kier alpha value is -1.52. The first-order valence-corrected chi connectivity index (χ1v) is 5.60. The van der Waals surface area contributed by atoms with E-state index in [0.717, 1.165) is 12.8 Å². The summed E-state index contributed by atoms with van der Waals surface area (Å²) in [6, 6.07) is 1.70. The molecule has 5 heteroatoms. The zero-order valence-electron chi connectivity index (χ0n) is 10.1. The Balaban J connectivity index is 2.39. The van der Waals surface area contributed by atoms with Crippen LogP contribution < -0.4 is 11.1 Å². The predicted molar refractivity (Wildman–Crippen MR) is 64.0 cm³/mol. The van der Waals surface area contributed by atoms with Crippen LogP contribution in [-0.2, 0) is 0 Å². The van der Waals surface area contributed by atoms with Crippen molar-refractivity contribution in [1.82, 2.24) is 15.5 Å². The van der Waals surface area contributed by atoms with Crippen molar-refractivity contribution < 1.29 is 4.79 Å². The summed E-state index contributed by atoms with van der Waals surface area (Å²) in [4.78, 5) is 11.7.